The van der Waals surface area contributed by atoms with Crippen LogP contribution in [0.5, 0.6) is 0 Å². The normalized spacial score (nSPS) is 26.8. The van der Waals surface area contributed by atoms with Gasteiger partial charge in [0.2, 0.25) is 0 Å². The van der Waals surface area contributed by atoms with Gasteiger partial charge in [-0.05, 0) is 45.5 Å². The molecule has 0 saturated carbocycles. The standard InChI is InChI=1S/C18H16BrN/c19-16-11-5-10-15-13-8-4-9-14(13)17(20-18(15)16)12-6-2-1-3-7-12/h1-8,10-11,13-14,17,20H,9H2. The highest BCUT2D eigenvalue weighted by Crippen LogP contribution is 2.51. The number of para-hydroxylation sites is 1. The fourth-order valence-corrected chi connectivity index (χ4v) is 4.07. The number of halogens is 1. The van der Waals surface area contributed by atoms with E-state index in [-0.39, 0.29) is 0 Å². The Morgan fingerprint density at radius 2 is 1.85 bits per heavy atom. The lowest BCUT2D eigenvalue weighted by Gasteiger charge is -2.38. The SMILES string of the molecule is Brc1cccc2c1NC(c1ccccc1)C1CC=CC21. The first-order valence-corrected chi connectivity index (χ1v) is 7.90. The largest absolute Gasteiger partial charge is 0.377 e. The molecule has 20 heavy (non-hydrogen) atoms. The third-order valence-electron chi connectivity index (χ3n) is 4.50. The zero-order valence-electron chi connectivity index (χ0n) is 11.1. The van der Waals surface area contributed by atoms with Crippen LogP contribution in [0.3, 0.4) is 0 Å². The smallest absolute Gasteiger partial charge is 0.0554 e. The fourth-order valence-electron chi connectivity index (χ4n) is 3.57. The molecular weight excluding hydrogens is 310 g/mol. The molecule has 2 aromatic rings. The van der Waals surface area contributed by atoms with Gasteiger partial charge in [0.1, 0.15) is 0 Å². The maximum absolute atomic E-state index is 3.77. The van der Waals surface area contributed by atoms with E-state index < -0.39 is 0 Å². The Labute approximate surface area is 127 Å². The molecule has 2 aromatic carbocycles. The molecule has 0 amide bonds. The van der Waals surface area contributed by atoms with Crippen LogP contribution in [0.15, 0.2) is 65.2 Å². The Morgan fingerprint density at radius 3 is 2.70 bits per heavy atom. The minimum absolute atomic E-state index is 0.391. The van der Waals surface area contributed by atoms with E-state index in [9.17, 15) is 0 Å². The molecule has 4 rings (SSSR count). The Balaban J connectivity index is 1.83. The van der Waals surface area contributed by atoms with Gasteiger partial charge in [0, 0.05) is 10.4 Å². The Hall–Kier alpha value is -1.54. The minimum atomic E-state index is 0.391. The Morgan fingerprint density at radius 1 is 1.00 bits per heavy atom. The molecule has 2 aliphatic rings. The maximum atomic E-state index is 3.77. The van der Waals surface area contributed by atoms with Gasteiger partial charge in [-0.15, -0.1) is 0 Å². The molecule has 2 heteroatoms. The van der Waals surface area contributed by atoms with Gasteiger partial charge in [0.15, 0.2) is 0 Å². The highest BCUT2D eigenvalue weighted by Gasteiger charge is 2.38. The van der Waals surface area contributed by atoms with Gasteiger partial charge >= 0.3 is 0 Å². The quantitative estimate of drug-likeness (QED) is 0.704. The predicted molar refractivity (Wildman–Crippen MR) is 86.9 cm³/mol. The first-order valence-electron chi connectivity index (χ1n) is 7.11. The van der Waals surface area contributed by atoms with Crippen LogP contribution in [0.4, 0.5) is 5.69 Å². The molecule has 1 heterocycles. The number of nitrogens with one attached hydrogen (secondary N) is 1. The first-order chi connectivity index (χ1) is 9.84. The van der Waals surface area contributed by atoms with Crippen LogP contribution in [0.1, 0.15) is 29.5 Å². The van der Waals surface area contributed by atoms with Crippen LogP contribution in [-0.2, 0) is 0 Å². The zero-order chi connectivity index (χ0) is 13.5. The summed E-state index contributed by atoms with van der Waals surface area (Å²) in [6.45, 7) is 0. The van der Waals surface area contributed by atoms with Gasteiger partial charge in [0.05, 0.1) is 11.7 Å². The second-order valence-corrected chi connectivity index (χ2v) is 6.44. The average Bonchev–Trinajstić information content (AvgIpc) is 2.97. The van der Waals surface area contributed by atoms with Gasteiger partial charge in [-0.2, -0.15) is 0 Å². The molecular formula is C18H16BrN. The lowest BCUT2D eigenvalue weighted by molar-refractivity contribution is 0.425. The number of rotatable bonds is 1. The van der Waals surface area contributed by atoms with E-state index in [1.807, 2.05) is 0 Å². The predicted octanol–water partition coefficient (Wildman–Crippen LogP) is 5.28. The summed E-state index contributed by atoms with van der Waals surface area (Å²) < 4.78 is 1.16. The molecule has 1 N–H and O–H groups in total. The van der Waals surface area contributed by atoms with Crippen molar-refractivity contribution in [2.24, 2.45) is 5.92 Å². The second kappa shape index (κ2) is 4.78. The van der Waals surface area contributed by atoms with Gasteiger partial charge in [-0.25, -0.2) is 0 Å². The number of allylic oxidation sites excluding steroid dienone is 2. The number of benzene rings is 2. The monoisotopic (exact) mass is 325 g/mol. The highest BCUT2D eigenvalue weighted by molar-refractivity contribution is 9.10. The van der Waals surface area contributed by atoms with Crippen molar-refractivity contribution in [3.05, 3.63) is 76.3 Å². The van der Waals surface area contributed by atoms with E-state index in [2.05, 4.69) is 81.9 Å². The third-order valence-corrected chi connectivity index (χ3v) is 5.17. The van der Waals surface area contributed by atoms with Crippen LogP contribution < -0.4 is 5.32 Å². The summed E-state index contributed by atoms with van der Waals surface area (Å²) in [6.07, 6.45) is 5.87. The van der Waals surface area contributed by atoms with Crippen molar-refractivity contribution in [1.82, 2.24) is 0 Å². The molecule has 0 bridgehead atoms. The number of hydrogen-bond acceptors (Lipinski definition) is 1. The summed E-state index contributed by atoms with van der Waals surface area (Å²) >= 11 is 3.69. The summed E-state index contributed by atoms with van der Waals surface area (Å²) in [5.74, 6) is 1.16. The van der Waals surface area contributed by atoms with Crippen molar-refractivity contribution in [1.29, 1.82) is 0 Å². The molecule has 0 saturated heterocycles. The first kappa shape index (κ1) is 12.2. The van der Waals surface area contributed by atoms with Crippen molar-refractivity contribution < 1.29 is 0 Å². The lowest BCUT2D eigenvalue weighted by Crippen LogP contribution is -2.29. The molecule has 1 nitrogen and oxygen atoms in total. The third kappa shape index (κ3) is 1.82. The van der Waals surface area contributed by atoms with E-state index in [1.165, 1.54) is 16.8 Å². The minimum Gasteiger partial charge on any atom is -0.377 e. The molecule has 0 fully saturated rings. The van der Waals surface area contributed by atoms with Crippen molar-refractivity contribution in [2.75, 3.05) is 5.32 Å². The summed E-state index contributed by atoms with van der Waals surface area (Å²) in [7, 11) is 0. The van der Waals surface area contributed by atoms with E-state index in [0.717, 1.165) is 10.9 Å². The summed E-state index contributed by atoms with van der Waals surface area (Å²) in [5, 5.41) is 3.77. The van der Waals surface area contributed by atoms with E-state index in [4.69, 9.17) is 0 Å². The Kier molecular flexibility index (Phi) is 2.92. The fraction of sp³-hybridized carbons (Fsp3) is 0.222. The van der Waals surface area contributed by atoms with Crippen LogP contribution >= 0.6 is 15.9 Å². The molecule has 0 spiro atoms. The number of hydrogen-bond donors (Lipinski definition) is 1. The maximum Gasteiger partial charge on any atom is 0.0554 e. The van der Waals surface area contributed by atoms with Gasteiger partial charge in [0.25, 0.3) is 0 Å². The number of fused-ring (bicyclic) bond motifs is 3. The molecule has 0 radical (unpaired) electrons. The molecule has 0 aromatic heterocycles. The summed E-state index contributed by atoms with van der Waals surface area (Å²) in [6, 6.07) is 17.7. The molecule has 1 aliphatic heterocycles. The summed E-state index contributed by atoms with van der Waals surface area (Å²) in [4.78, 5) is 0. The summed E-state index contributed by atoms with van der Waals surface area (Å²) in [5.41, 5.74) is 4.06. The number of anilines is 1. The molecule has 3 unspecified atom stereocenters. The molecule has 100 valence electrons. The van der Waals surface area contributed by atoms with Crippen molar-refractivity contribution in [3.63, 3.8) is 0 Å². The van der Waals surface area contributed by atoms with E-state index >= 15 is 0 Å². The van der Waals surface area contributed by atoms with Gasteiger partial charge < -0.3 is 5.32 Å². The van der Waals surface area contributed by atoms with E-state index in [0.29, 0.717) is 17.9 Å². The van der Waals surface area contributed by atoms with Crippen LogP contribution in [-0.4, -0.2) is 0 Å². The van der Waals surface area contributed by atoms with Crippen LogP contribution in [0.2, 0.25) is 0 Å². The van der Waals surface area contributed by atoms with Crippen molar-refractivity contribution >= 4 is 21.6 Å². The van der Waals surface area contributed by atoms with Crippen LogP contribution in [0, 0.1) is 5.92 Å². The second-order valence-electron chi connectivity index (χ2n) is 5.59. The van der Waals surface area contributed by atoms with Crippen molar-refractivity contribution in [3.8, 4) is 0 Å². The topological polar surface area (TPSA) is 12.0 Å². The highest BCUT2D eigenvalue weighted by atomic mass is 79.9. The van der Waals surface area contributed by atoms with Gasteiger partial charge in [-0.3, -0.25) is 0 Å². The van der Waals surface area contributed by atoms with Crippen LogP contribution in [0.25, 0.3) is 0 Å². The van der Waals surface area contributed by atoms with Crippen molar-refractivity contribution in [2.45, 2.75) is 18.4 Å². The van der Waals surface area contributed by atoms with E-state index in [1.54, 1.807) is 0 Å². The van der Waals surface area contributed by atoms with Gasteiger partial charge in [-0.1, -0.05) is 54.6 Å². The zero-order valence-corrected chi connectivity index (χ0v) is 12.7. The molecule has 1 aliphatic carbocycles. The molecule has 3 atom stereocenters. The average molecular weight is 326 g/mol. The Bertz CT molecular complexity index is 662. The lowest BCUT2D eigenvalue weighted by atomic mass is 9.77.